The van der Waals surface area contributed by atoms with Crippen LogP contribution in [0.4, 0.5) is 0 Å². The minimum atomic E-state index is -0.195. The lowest BCUT2D eigenvalue weighted by Crippen LogP contribution is -2.45. The van der Waals surface area contributed by atoms with Crippen molar-refractivity contribution < 1.29 is 9.90 Å². The fourth-order valence-electron chi connectivity index (χ4n) is 2.08. The SMILES string of the molecule is Cc1cccc(C(=O)N[C@H]2CCCNC2)c1O. The number of aromatic hydroxyl groups is 1. The van der Waals surface area contributed by atoms with Crippen LogP contribution in [0.3, 0.4) is 0 Å². The molecule has 1 aliphatic rings. The molecule has 0 unspecified atom stereocenters. The van der Waals surface area contributed by atoms with Crippen molar-refractivity contribution in [1.82, 2.24) is 10.6 Å². The lowest BCUT2D eigenvalue weighted by molar-refractivity contribution is 0.0928. The van der Waals surface area contributed by atoms with Gasteiger partial charge in [0.25, 0.3) is 5.91 Å². The van der Waals surface area contributed by atoms with Crippen LogP contribution < -0.4 is 10.6 Å². The van der Waals surface area contributed by atoms with Gasteiger partial charge >= 0.3 is 0 Å². The Balaban J connectivity index is 2.06. The molecule has 1 aliphatic heterocycles. The summed E-state index contributed by atoms with van der Waals surface area (Å²) in [5.74, 6) is -0.117. The molecule has 1 heterocycles. The fourth-order valence-corrected chi connectivity index (χ4v) is 2.08. The number of nitrogens with one attached hydrogen (secondary N) is 2. The topological polar surface area (TPSA) is 61.4 Å². The van der Waals surface area contributed by atoms with Crippen LogP contribution >= 0.6 is 0 Å². The highest BCUT2D eigenvalue weighted by atomic mass is 16.3. The Morgan fingerprint density at radius 1 is 1.53 bits per heavy atom. The molecule has 1 fully saturated rings. The second-order valence-electron chi connectivity index (χ2n) is 4.49. The Morgan fingerprint density at radius 3 is 3.06 bits per heavy atom. The molecule has 4 nitrogen and oxygen atoms in total. The number of benzene rings is 1. The monoisotopic (exact) mass is 234 g/mol. The largest absolute Gasteiger partial charge is 0.507 e. The molecule has 1 aromatic rings. The molecule has 1 saturated heterocycles. The zero-order valence-electron chi connectivity index (χ0n) is 9.99. The van der Waals surface area contributed by atoms with E-state index in [-0.39, 0.29) is 17.7 Å². The smallest absolute Gasteiger partial charge is 0.255 e. The molecule has 1 amide bonds. The summed E-state index contributed by atoms with van der Waals surface area (Å²) < 4.78 is 0. The summed E-state index contributed by atoms with van der Waals surface area (Å²) in [5, 5.41) is 16.0. The Morgan fingerprint density at radius 2 is 2.35 bits per heavy atom. The average molecular weight is 234 g/mol. The molecule has 0 bridgehead atoms. The quantitative estimate of drug-likeness (QED) is 0.720. The van der Waals surface area contributed by atoms with E-state index in [1.54, 1.807) is 25.1 Å². The maximum absolute atomic E-state index is 12.0. The van der Waals surface area contributed by atoms with Gasteiger partial charge in [-0.05, 0) is 37.9 Å². The Bertz CT molecular complexity index is 412. The minimum Gasteiger partial charge on any atom is -0.507 e. The van der Waals surface area contributed by atoms with E-state index in [2.05, 4.69) is 10.6 Å². The second kappa shape index (κ2) is 5.19. The van der Waals surface area contributed by atoms with E-state index < -0.39 is 0 Å². The molecule has 0 radical (unpaired) electrons. The predicted octanol–water partition coefficient (Wildman–Crippen LogP) is 1.18. The molecule has 2 rings (SSSR count). The van der Waals surface area contributed by atoms with Crippen LogP contribution in [0.1, 0.15) is 28.8 Å². The van der Waals surface area contributed by atoms with Crippen LogP contribution in [0.25, 0.3) is 0 Å². The van der Waals surface area contributed by atoms with Gasteiger partial charge in [-0.1, -0.05) is 12.1 Å². The molecule has 0 saturated carbocycles. The normalized spacial score (nSPS) is 19.9. The lowest BCUT2D eigenvalue weighted by atomic mass is 10.1. The van der Waals surface area contributed by atoms with Crippen LogP contribution in [0.15, 0.2) is 18.2 Å². The average Bonchev–Trinajstić information content (AvgIpc) is 2.34. The second-order valence-corrected chi connectivity index (χ2v) is 4.49. The first kappa shape index (κ1) is 11.9. The van der Waals surface area contributed by atoms with E-state index >= 15 is 0 Å². The summed E-state index contributed by atoms with van der Waals surface area (Å²) >= 11 is 0. The highest BCUT2D eigenvalue weighted by molar-refractivity contribution is 5.97. The van der Waals surface area contributed by atoms with Gasteiger partial charge in [-0.3, -0.25) is 4.79 Å². The molecule has 1 aromatic carbocycles. The summed E-state index contributed by atoms with van der Waals surface area (Å²) in [6, 6.07) is 5.38. The maximum atomic E-state index is 12.0. The zero-order chi connectivity index (χ0) is 12.3. The van der Waals surface area contributed by atoms with Crippen LogP contribution in [-0.4, -0.2) is 30.1 Å². The van der Waals surface area contributed by atoms with Crippen LogP contribution in [0.5, 0.6) is 5.75 Å². The van der Waals surface area contributed by atoms with E-state index in [0.717, 1.165) is 31.5 Å². The number of carbonyl (C=O) groups is 1. The number of amides is 1. The Hall–Kier alpha value is -1.55. The highest BCUT2D eigenvalue weighted by Crippen LogP contribution is 2.21. The number of carbonyl (C=O) groups excluding carboxylic acids is 1. The number of hydrogen-bond acceptors (Lipinski definition) is 3. The van der Waals surface area contributed by atoms with Crippen molar-refractivity contribution in [2.45, 2.75) is 25.8 Å². The zero-order valence-corrected chi connectivity index (χ0v) is 9.99. The molecule has 3 N–H and O–H groups in total. The van der Waals surface area contributed by atoms with Gasteiger partial charge in [-0.2, -0.15) is 0 Å². The molecule has 0 aliphatic carbocycles. The Labute approximate surface area is 101 Å². The first-order valence-corrected chi connectivity index (χ1v) is 5.98. The fraction of sp³-hybridized carbons (Fsp3) is 0.462. The van der Waals surface area contributed by atoms with Crippen LogP contribution in [-0.2, 0) is 0 Å². The van der Waals surface area contributed by atoms with Crippen molar-refractivity contribution >= 4 is 5.91 Å². The molecule has 4 heteroatoms. The van der Waals surface area contributed by atoms with Crippen molar-refractivity contribution in [2.24, 2.45) is 0 Å². The molecular weight excluding hydrogens is 216 g/mol. The van der Waals surface area contributed by atoms with E-state index in [1.165, 1.54) is 0 Å². The summed E-state index contributed by atoms with van der Waals surface area (Å²) in [6.45, 7) is 3.61. The molecular formula is C13H18N2O2. The van der Waals surface area contributed by atoms with E-state index in [4.69, 9.17) is 0 Å². The van der Waals surface area contributed by atoms with Crippen LogP contribution in [0.2, 0.25) is 0 Å². The van der Waals surface area contributed by atoms with E-state index in [1.807, 2.05) is 0 Å². The van der Waals surface area contributed by atoms with Crippen molar-refractivity contribution in [3.05, 3.63) is 29.3 Å². The van der Waals surface area contributed by atoms with Gasteiger partial charge in [-0.25, -0.2) is 0 Å². The predicted molar refractivity (Wildman–Crippen MR) is 66.2 cm³/mol. The van der Waals surface area contributed by atoms with Crippen molar-refractivity contribution in [1.29, 1.82) is 0 Å². The molecule has 17 heavy (non-hydrogen) atoms. The summed E-state index contributed by atoms with van der Waals surface area (Å²) in [4.78, 5) is 12.0. The van der Waals surface area contributed by atoms with Gasteiger partial charge in [0, 0.05) is 12.6 Å². The summed E-state index contributed by atoms with van der Waals surface area (Å²) in [7, 11) is 0. The first-order chi connectivity index (χ1) is 8.18. The molecule has 92 valence electrons. The Kier molecular flexibility index (Phi) is 3.64. The highest BCUT2D eigenvalue weighted by Gasteiger charge is 2.18. The molecule has 0 aromatic heterocycles. The van der Waals surface area contributed by atoms with Crippen LogP contribution in [0, 0.1) is 6.92 Å². The van der Waals surface area contributed by atoms with Crippen molar-refractivity contribution in [3.8, 4) is 5.75 Å². The number of hydrogen-bond donors (Lipinski definition) is 3. The minimum absolute atomic E-state index is 0.0776. The first-order valence-electron chi connectivity index (χ1n) is 5.98. The maximum Gasteiger partial charge on any atom is 0.255 e. The van der Waals surface area contributed by atoms with Gasteiger partial charge in [0.2, 0.25) is 0 Å². The number of rotatable bonds is 2. The number of para-hydroxylation sites is 1. The van der Waals surface area contributed by atoms with Crippen molar-refractivity contribution in [3.63, 3.8) is 0 Å². The lowest BCUT2D eigenvalue weighted by Gasteiger charge is -2.24. The van der Waals surface area contributed by atoms with Crippen molar-refractivity contribution in [2.75, 3.05) is 13.1 Å². The number of phenolic OH excluding ortho intramolecular Hbond substituents is 1. The third-order valence-corrected chi connectivity index (χ3v) is 3.11. The van der Waals surface area contributed by atoms with Gasteiger partial charge in [-0.15, -0.1) is 0 Å². The van der Waals surface area contributed by atoms with E-state index in [9.17, 15) is 9.90 Å². The molecule has 0 spiro atoms. The van der Waals surface area contributed by atoms with Gasteiger partial charge in [0.15, 0.2) is 0 Å². The number of piperidine rings is 1. The molecule has 1 atom stereocenters. The van der Waals surface area contributed by atoms with Gasteiger partial charge in [0.05, 0.1) is 5.56 Å². The van der Waals surface area contributed by atoms with E-state index in [0.29, 0.717) is 5.56 Å². The standard InChI is InChI=1S/C13H18N2O2/c1-9-4-2-6-11(12(9)16)13(17)15-10-5-3-7-14-8-10/h2,4,6,10,14,16H,3,5,7-8H2,1H3,(H,15,17)/t10-/m0/s1. The summed E-state index contributed by atoms with van der Waals surface area (Å²) in [6.07, 6.45) is 2.07. The van der Waals surface area contributed by atoms with Gasteiger partial charge in [0.1, 0.15) is 5.75 Å². The third kappa shape index (κ3) is 2.77. The summed E-state index contributed by atoms with van der Waals surface area (Å²) in [5.41, 5.74) is 1.08. The number of phenols is 1. The van der Waals surface area contributed by atoms with Gasteiger partial charge < -0.3 is 15.7 Å². The number of aryl methyl sites for hydroxylation is 1. The third-order valence-electron chi connectivity index (χ3n) is 3.11.